The van der Waals surface area contributed by atoms with Gasteiger partial charge in [-0.1, -0.05) is 29.8 Å². The molecule has 1 fully saturated rings. The first-order chi connectivity index (χ1) is 13.9. The number of carbonyl (C=O) groups excluding carboxylic acids is 2. The minimum atomic E-state index is -1.07. The summed E-state index contributed by atoms with van der Waals surface area (Å²) in [5, 5.41) is 0.572. The van der Waals surface area contributed by atoms with Crippen molar-refractivity contribution < 1.29 is 23.5 Å². The average Bonchev–Trinajstić information content (AvgIpc) is 2.69. The van der Waals surface area contributed by atoms with Crippen molar-refractivity contribution in [3.8, 4) is 5.75 Å². The minimum Gasteiger partial charge on any atom is -0.490 e. The summed E-state index contributed by atoms with van der Waals surface area (Å²) in [6.45, 7) is 0.715. The van der Waals surface area contributed by atoms with E-state index < -0.39 is 17.3 Å². The fourth-order valence-corrected chi connectivity index (χ4v) is 3.41. The lowest BCUT2D eigenvalue weighted by Gasteiger charge is -2.42. The molecule has 2 aromatic carbocycles. The van der Waals surface area contributed by atoms with Crippen molar-refractivity contribution in [3.63, 3.8) is 0 Å². The molecule has 0 saturated carbocycles. The van der Waals surface area contributed by atoms with Gasteiger partial charge in [0, 0.05) is 11.6 Å². The molecule has 0 aliphatic carbocycles. The second-order valence-corrected chi connectivity index (χ2v) is 7.44. The van der Waals surface area contributed by atoms with E-state index in [4.69, 9.17) is 26.8 Å². The Morgan fingerprint density at radius 3 is 2.62 bits per heavy atom. The van der Waals surface area contributed by atoms with E-state index in [9.17, 15) is 14.0 Å². The quantitative estimate of drug-likeness (QED) is 0.746. The largest absolute Gasteiger partial charge is 0.490 e. The van der Waals surface area contributed by atoms with Crippen molar-refractivity contribution in [2.75, 3.05) is 26.3 Å². The van der Waals surface area contributed by atoms with E-state index >= 15 is 0 Å². The summed E-state index contributed by atoms with van der Waals surface area (Å²) < 4.78 is 25.5. The summed E-state index contributed by atoms with van der Waals surface area (Å²) in [4.78, 5) is 26.0. The summed E-state index contributed by atoms with van der Waals surface area (Å²) >= 11 is 5.88. The number of ether oxygens (including phenoxy) is 2. The molecule has 1 unspecified atom stereocenters. The van der Waals surface area contributed by atoms with Crippen LogP contribution in [-0.2, 0) is 20.7 Å². The van der Waals surface area contributed by atoms with E-state index in [2.05, 4.69) is 0 Å². The van der Waals surface area contributed by atoms with Crippen LogP contribution in [-0.4, -0.2) is 48.6 Å². The van der Waals surface area contributed by atoms with Gasteiger partial charge in [-0.15, -0.1) is 0 Å². The smallest absolute Gasteiger partial charge is 0.227 e. The lowest BCUT2D eigenvalue weighted by atomic mass is 9.97. The fraction of sp³-hybridized carbons (Fsp3) is 0.333. The molecule has 0 radical (unpaired) electrons. The Balaban J connectivity index is 1.71. The number of rotatable bonds is 7. The minimum absolute atomic E-state index is 0.0288. The van der Waals surface area contributed by atoms with Crippen LogP contribution in [0.4, 0.5) is 4.39 Å². The highest BCUT2D eigenvalue weighted by Crippen LogP contribution is 2.25. The Morgan fingerprint density at radius 2 is 1.93 bits per heavy atom. The summed E-state index contributed by atoms with van der Waals surface area (Å²) in [5.41, 5.74) is 4.66. The molecular formula is C21H22ClFN2O4. The Labute approximate surface area is 173 Å². The molecule has 1 saturated heterocycles. The average molecular weight is 421 g/mol. The number of hydrogen-bond acceptors (Lipinski definition) is 4. The Morgan fingerprint density at radius 1 is 1.21 bits per heavy atom. The first kappa shape index (κ1) is 21.1. The zero-order valence-electron chi connectivity index (χ0n) is 15.8. The van der Waals surface area contributed by atoms with Gasteiger partial charge < -0.3 is 20.1 Å². The number of carbonyl (C=O) groups is 2. The van der Waals surface area contributed by atoms with Crippen LogP contribution in [0.3, 0.4) is 0 Å². The molecule has 3 rings (SSSR count). The van der Waals surface area contributed by atoms with Crippen molar-refractivity contribution in [1.82, 2.24) is 4.90 Å². The summed E-state index contributed by atoms with van der Waals surface area (Å²) in [6, 6.07) is 12.9. The normalized spacial score (nSPS) is 19.0. The molecule has 1 heterocycles. The maximum absolute atomic E-state index is 13.9. The van der Waals surface area contributed by atoms with E-state index in [-0.39, 0.29) is 38.5 Å². The van der Waals surface area contributed by atoms with E-state index in [1.807, 2.05) is 0 Å². The number of hydrogen-bond donors (Lipinski definition) is 1. The summed E-state index contributed by atoms with van der Waals surface area (Å²) in [5.74, 6) is -0.688. The first-order valence-electron chi connectivity index (χ1n) is 9.19. The topological polar surface area (TPSA) is 81.9 Å². The highest BCUT2D eigenvalue weighted by atomic mass is 35.5. The molecular weight excluding hydrogens is 399 g/mol. The van der Waals surface area contributed by atoms with Crippen molar-refractivity contribution >= 4 is 23.4 Å². The Bertz CT molecular complexity index is 877. The molecule has 6 nitrogen and oxygen atoms in total. The molecule has 0 aromatic heterocycles. The third-order valence-corrected chi connectivity index (χ3v) is 4.96. The van der Waals surface area contributed by atoms with Crippen LogP contribution in [0.5, 0.6) is 5.75 Å². The molecule has 2 N–H and O–H groups in total. The molecule has 1 aliphatic heterocycles. The van der Waals surface area contributed by atoms with Crippen molar-refractivity contribution in [2.24, 2.45) is 5.73 Å². The SMILES string of the molecule is NC(=O)CC1(COc2ccc(Cl)cc2)CN(C(=O)Cc2ccccc2F)CCO1. The molecule has 154 valence electrons. The standard InChI is InChI=1S/C21H22ClFN2O4/c22-16-5-7-17(8-6-16)28-14-21(12-19(24)26)13-25(9-10-29-21)20(27)11-15-3-1-2-4-18(15)23/h1-8H,9-14H2,(H2,24,26). The third-order valence-electron chi connectivity index (χ3n) is 4.71. The van der Waals surface area contributed by atoms with Gasteiger partial charge in [-0.25, -0.2) is 4.39 Å². The lowest BCUT2D eigenvalue weighted by Crippen LogP contribution is -2.58. The number of halogens is 2. The van der Waals surface area contributed by atoms with Gasteiger partial charge in [0.2, 0.25) is 11.8 Å². The number of benzene rings is 2. The first-order valence-corrected chi connectivity index (χ1v) is 9.56. The number of morpholine rings is 1. The molecule has 0 spiro atoms. The fourth-order valence-electron chi connectivity index (χ4n) is 3.28. The van der Waals surface area contributed by atoms with Gasteiger partial charge in [-0.3, -0.25) is 9.59 Å². The van der Waals surface area contributed by atoms with E-state index in [1.54, 1.807) is 47.4 Å². The van der Waals surface area contributed by atoms with Crippen molar-refractivity contribution in [2.45, 2.75) is 18.4 Å². The molecule has 2 aromatic rings. The zero-order chi connectivity index (χ0) is 20.9. The van der Waals surface area contributed by atoms with Gasteiger partial charge in [0.1, 0.15) is 23.8 Å². The van der Waals surface area contributed by atoms with Gasteiger partial charge in [-0.05, 0) is 35.9 Å². The number of primary amides is 1. The zero-order valence-corrected chi connectivity index (χ0v) is 16.5. The van der Waals surface area contributed by atoms with Crippen LogP contribution in [0.25, 0.3) is 0 Å². The Kier molecular flexibility index (Phi) is 6.71. The van der Waals surface area contributed by atoms with Gasteiger partial charge in [0.25, 0.3) is 0 Å². The predicted octanol–water partition coefficient (Wildman–Crippen LogP) is 2.57. The van der Waals surface area contributed by atoms with Crippen LogP contribution in [0.15, 0.2) is 48.5 Å². The van der Waals surface area contributed by atoms with Crippen LogP contribution in [0, 0.1) is 5.82 Å². The number of nitrogens with zero attached hydrogens (tertiary/aromatic N) is 1. The lowest BCUT2D eigenvalue weighted by molar-refractivity contribution is -0.161. The van der Waals surface area contributed by atoms with Gasteiger partial charge in [0.05, 0.1) is 26.0 Å². The predicted molar refractivity (Wildman–Crippen MR) is 106 cm³/mol. The van der Waals surface area contributed by atoms with Gasteiger partial charge in [0.15, 0.2) is 0 Å². The molecule has 29 heavy (non-hydrogen) atoms. The monoisotopic (exact) mass is 420 g/mol. The van der Waals surface area contributed by atoms with E-state index in [1.165, 1.54) is 6.07 Å². The molecule has 1 aliphatic rings. The van der Waals surface area contributed by atoms with Crippen LogP contribution < -0.4 is 10.5 Å². The van der Waals surface area contributed by atoms with Crippen molar-refractivity contribution in [3.05, 3.63) is 64.9 Å². The third kappa shape index (κ3) is 5.68. The van der Waals surface area contributed by atoms with Gasteiger partial charge in [-0.2, -0.15) is 0 Å². The highest BCUT2D eigenvalue weighted by Gasteiger charge is 2.41. The Hall–Kier alpha value is -2.64. The van der Waals surface area contributed by atoms with Crippen LogP contribution in [0.2, 0.25) is 5.02 Å². The number of amides is 2. The molecule has 8 heteroatoms. The maximum Gasteiger partial charge on any atom is 0.227 e. The molecule has 1 atom stereocenters. The van der Waals surface area contributed by atoms with Crippen LogP contribution >= 0.6 is 11.6 Å². The van der Waals surface area contributed by atoms with E-state index in [0.717, 1.165) is 0 Å². The van der Waals surface area contributed by atoms with Gasteiger partial charge >= 0.3 is 0 Å². The molecule has 0 bridgehead atoms. The van der Waals surface area contributed by atoms with Crippen LogP contribution in [0.1, 0.15) is 12.0 Å². The maximum atomic E-state index is 13.9. The molecule has 2 amide bonds. The second kappa shape index (κ2) is 9.24. The van der Waals surface area contributed by atoms with Crippen molar-refractivity contribution in [1.29, 1.82) is 0 Å². The number of nitrogens with two attached hydrogens (primary N) is 1. The highest BCUT2D eigenvalue weighted by molar-refractivity contribution is 6.30. The summed E-state index contributed by atoms with van der Waals surface area (Å²) in [6.07, 6.45) is -0.179. The summed E-state index contributed by atoms with van der Waals surface area (Å²) in [7, 11) is 0. The second-order valence-electron chi connectivity index (χ2n) is 7.00. The van der Waals surface area contributed by atoms with E-state index in [0.29, 0.717) is 22.9 Å².